The quantitative estimate of drug-likeness (QED) is 0.643. The van der Waals surface area contributed by atoms with Crippen LogP contribution >= 0.6 is 0 Å². The van der Waals surface area contributed by atoms with Gasteiger partial charge in [-0.3, -0.25) is 0 Å². The molecule has 0 amide bonds. The summed E-state index contributed by atoms with van der Waals surface area (Å²) in [6.07, 6.45) is 6.90. The number of rotatable bonds is 6. The van der Waals surface area contributed by atoms with Crippen molar-refractivity contribution in [3.05, 3.63) is 0 Å². The van der Waals surface area contributed by atoms with Crippen molar-refractivity contribution in [2.45, 2.75) is 59.8 Å². The number of hydrogen-bond acceptors (Lipinski definition) is 1. The molecule has 2 atom stereocenters. The molecular weight excluding hydrogens is 182 g/mol. The summed E-state index contributed by atoms with van der Waals surface area (Å²) in [5.74, 6) is 0.887. The van der Waals surface area contributed by atoms with Crippen LogP contribution in [0.4, 0.5) is 0 Å². The van der Waals surface area contributed by atoms with Gasteiger partial charge in [0.1, 0.15) is 0 Å². The fourth-order valence-electron chi connectivity index (χ4n) is 2.79. The normalized spacial score (nSPS) is 24.0. The zero-order valence-electron chi connectivity index (χ0n) is 11.2. The van der Waals surface area contributed by atoms with E-state index in [1.807, 2.05) is 0 Å². The highest BCUT2D eigenvalue weighted by molar-refractivity contribution is 4.81. The molecule has 0 saturated carbocycles. The van der Waals surface area contributed by atoms with Gasteiger partial charge in [-0.1, -0.05) is 34.1 Å². The van der Waals surface area contributed by atoms with Gasteiger partial charge < -0.3 is 4.90 Å². The first-order valence-electron chi connectivity index (χ1n) is 6.82. The largest absolute Gasteiger partial charge is 0.303 e. The van der Waals surface area contributed by atoms with Crippen LogP contribution in [0.2, 0.25) is 0 Å². The fraction of sp³-hybridized carbons (Fsp3) is 1.00. The summed E-state index contributed by atoms with van der Waals surface area (Å²) < 4.78 is 0. The number of likely N-dealkylation sites (tertiary alicyclic amines) is 1. The highest BCUT2D eigenvalue weighted by atomic mass is 15.1. The molecule has 15 heavy (non-hydrogen) atoms. The van der Waals surface area contributed by atoms with Crippen LogP contribution < -0.4 is 0 Å². The summed E-state index contributed by atoms with van der Waals surface area (Å²) in [7, 11) is 0. The van der Waals surface area contributed by atoms with Crippen molar-refractivity contribution in [1.82, 2.24) is 4.90 Å². The van der Waals surface area contributed by atoms with Crippen LogP contribution in [0.15, 0.2) is 0 Å². The van der Waals surface area contributed by atoms with Crippen molar-refractivity contribution < 1.29 is 0 Å². The van der Waals surface area contributed by atoms with Crippen LogP contribution in [0.3, 0.4) is 0 Å². The maximum Gasteiger partial charge on any atom is 0.00353 e. The Morgan fingerprint density at radius 2 is 1.80 bits per heavy atom. The molecule has 1 heteroatoms. The average molecular weight is 211 g/mol. The Morgan fingerprint density at radius 3 is 2.27 bits per heavy atom. The zero-order chi connectivity index (χ0) is 11.3. The van der Waals surface area contributed by atoms with Crippen LogP contribution in [0.5, 0.6) is 0 Å². The van der Waals surface area contributed by atoms with E-state index in [9.17, 15) is 0 Å². The lowest BCUT2D eigenvalue weighted by atomic mass is 9.78. The van der Waals surface area contributed by atoms with E-state index in [0.29, 0.717) is 5.41 Å². The molecule has 0 aromatic heterocycles. The first-order valence-corrected chi connectivity index (χ1v) is 6.82. The molecule has 1 aliphatic heterocycles. The van der Waals surface area contributed by atoms with Crippen LogP contribution in [-0.4, -0.2) is 24.5 Å². The molecule has 1 nitrogen and oxygen atoms in total. The van der Waals surface area contributed by atoms with E-state index in [1.165, 1.54) is 51.7 Å². The van der Waals surface area contributed by atoms with Gasteiger partial charge in [0, 0.05) is 6.54 Å². The first kappa shape index (κ1) is 13.0. The minimum absolute atomic E-state index is 0.555. The highest BCUT2D eigenvalue weighted by Gasteiger charge is 2.27. The van der Waals surface area contributed by atoms with Gasteiger partial charge in [-0.2, -0.15) is 0 Å². The molecular formula is C14H29N. The van der Waals surface area contributed by atoms with Crippen molar-refractivity contribution in [3.8, 4) is 0 Å². The van der Waals surface area contributed by atoms with Gasteiger partial charge in [-0.25, -0.2) is 0 Å². The molecule has 90 valence electrons. The predicted octanol–water partition coefficient (Wildman–Crippen LogP) is 3.93. The van der Waals surface area contributed by atoms with Crippen molar-refractivity contribution in [1.29, 1.82) is 0 Å². The summed E-state index contributed by atoms with van der Waals surface area (Å²) in [5, 5.41) is 0. The second-order valence-corrected chi connectivity index (χ2v) is 5.87. The molecule has 0 spiro atoms. The van der Waals surface area contributed by atoms with Crippen LogP contribution in [0, 0.1) is 11.3 Å². The molecule has 0 aromatic rings. The second kappa shape index (κ2) is 5.89. The molecule has 0 aliphatic carbocycles. The molecule has 1 fully saturated rings. The molecule has 1 aliphatic rings. The lowest BCUT2D eigenvalue weighted by Gasteiger charge is -2.35. The SMILES string of the molecule is CCC(C)CC(C)(CC)CN1CCCC1. The van der Waals surface area contributed by atoms with Crippen LogP contribution in [0.1, 0.15) is 59.8 Å². The summed E-state index contributed by atoms with van der Waals surface area (Å²) in [4.78, 5) is 2.67. The van der Waals surface area contributed by atoms with E-state index in [1.54, 1.807) is 0 Å². The van der Waals surface area contributed by atoms with Crippen LogP contribution in [-0.2, 0) is 0 Å². The number of hydrogen-bond donors (Lipinski definition) is 0. The molecule has 0 bridgehead atoms. The Balaban J connectivity index is 2.43. The third kappa shape index (κ3) is 4.14. The van der Waals surface area contributed by atoms with Gasteiger partial charge in [0.05, 0.1) is 0 Å². The summed E-state index contributed by atoms with van der Waals surface area (Å²) >= 11 is 0. The topological polar surface area (TPSA) is 3.24 Å². The summed E-state index contributed by atoms with van der Waals surface area (Å²) in [5.41, 5.74) is 0.555. The highest BCUT2D eigenvalue weighted by Crippen LogP contribution is 2.32. The van der Waals surface area contributed by atoms with Gasteiger partial charge in [0.15, 0.2) is 0 Å². The van der Waals surface area contributed by atoms with Gasteiger partial charge in [-0.05, 0) is 50.1 Å². The minimum Gasteiger partial charge on any atom is -0.303 e. The average Bonchev–Trinajstić information content (AvgIpc) is 2.70. The Labute approximate surface area is 96.2 Å². The minimum atomic E-state index is 0.555. The smallest absolute Gasteiger partial charge is 0.00353 e. The van der Waals surface area contributed by atoms with E-state index in [2.05, 4.69) is 32.6 Å². The molecule has 1 rings (SSSR count). The standard InChI is InChI=1S/C14H29N/c1-5-13(3)11-14(4,6-2)12-15-9-7-8-10-15/h13H,5-12H2,1-4H3. The zero-order valence-corrected chi connectivity index (χ0v) is 11.2. The van der Waals surface area contributed by atoms with E-state index < -0.39 is 0 Å². The lowest BCUT2D eigenvalue weighted by molar-refractivity contribution is 0.150. The van der Waals surface area contributed by atoms with Gasteiger partial charge >= 0.3 is 0 Å². The monoisotopic (exact) mass is 211 g/mol. The predicted molar refractivity (Wildman–Crippen MR) is 68.1 cm³/mol. The number of nitrogens with zero attached hydrogens (tertiary/aromatic N) is 1. The Morgan fingerprint density at radius 1 is 1.20 bits per heavy atom. The van der Waals surface area contributed by atoms with Gasteiger partial charge in [0.2, 0.25) is 0 Å². The van der Waals surface area contributed by atoms with Crippen molar-refractivity contribution >= 4 is 0 Å². The summed E-state index contributed by atoms with van der Waals surface area (Å²) in [6.45, 7) is 13.6. The maximum atomic E-state index is 2.67. The van der Waals surface area contributed by atoms with E-state index in [-0.39, 0.29) is 0 Å². The molecule has 1 saturated heterocycles. The third-order valence-electron chi connectivity index (χ3n) is 4.20. The molecule has 1 heterocycles. The van der Waals surface area contributed by atoms with E-state index in [0.717, 1.165) is 5.92 Å². The van der Waals surface area contributed by atoms with Crippen molar-refractivity contribution in [3.63, 3.8) is 0 Å². The van der Waals surface area contributed by atoms with Gasteiger partial charge in [-0.15, -0.1) is 0 Å². The first-order chi connectivity index (χ1) is 7.09. The Hall–Kier alpha value is -0.0400. The van der Waals surface area contributed by atoms with E-state index in [4.69, 9.17) is 0 Å². The lowest BCUT2D eigenvalue weighted by Crippen LogP contribution is -2.35. The molecule has 0 aromatic carbocycles. The summed E-state index contributed by atoms with van der Waals surface area (Å²) in [6, 6.07) is 0. The Bertz CT molecular complexity index is 172. The Kier molecular flexibility index (Phi) is 5.11. The van der Waals surface area contributed by atoms with Crippen molar-refractivity contribution in [2.75, 3.05) is 19.6 Å². The third-order valence-corrected chi connectivity index (χ3v) is 4.20. The molecule has 0 radical (unpaired) electrons. The molecule has 0 N–H and O–H groups in total. The fourth-order valence-corrected chi connectivity index (χ4v) is 2.79. The van der Waals surface area contributed by atoms with Crippen LogP contribution in [0.25, 0.3) is 0 Å². The second-order valence-electron chi connectivity index (χ2n) is 5.87. The maximum absolute atomic E-state index is 2.67. The van der Waals surface area contributed by atoms with Crippen molar-refractivity contribution in [2.24, 2.45) is 11.3 Å². The van der Waals surface area contributed by atoms with Gasteiger partial charge in [0.25, 0.3) is 0 Å². The van der Waals surface area contributed by atoms with E-state index >= 15 is 0 Å². The molecule has 2 unspecified atom stereocenters.